The van der Waals surface area contributed by atoms with Crippen molar-refractivity contribution in [2.45, 2.75) is 0 Å². The molecule has 0 aliphatic rings. The minimum absolute atomic E-state index is 0. The molecule has 0 radical (unpaired) electrons. The average molecular weight is 413 g/mol. The van der Waals surface area contributed by atoms with E-state index in [1.54, 1.807) is 0 Å². The van der Waals surface area contributed by atoms with Gasteiger partial charge < -0.3 is 52.9 Å². The fraction of sp³-hybridized carbons (Fsp3) is 0. The molecule has 0 aromatic carbocycles. The van der Waals surface area contributed by atoms with Gasteiger partial charge in [0.05, 0.1) is 0 Å². The Morgan fingerprint density at radius 2 is 0.571 bits per heavy atom. The standard InChI is InChI=1S/H2O4S.8H2O.Yb/c1-5(2,3)4;;;;;;;;;/h(H2,1,2,3,4);8*1H2;/q;;;;;;;;;+2/p-2. The molecular formula is H16O12SYb. The van der Waals surface area contributed by atoms with Crippen LogP contribution >= 0.6 is 0 Å². The summed E-state index contributed by atoms with van der Waals surface area (Å²) >= 11 is 0. The summed E-state index contributed by atoms with van der Waals surface area (Å²) in [7, 11) is -5.17. The second-order valence-electron chi connectivity index (χ2n) is 0.408. The Balaban J connectivity index is -0.00000000222. The summed E-state index contributed by atoms with van der Waals surface area (Å²) in [6.45, 7) is 0. The van der Waals surface area contributed by atoms with E-state index in [4.69, 9.17) is 17.5 Å². The topological polar surface area (TPSA) is 332 Å². The molecule has 0 saturated carbocycles. The zero-order valence-electron chi connectivity index (χ0n) is 6.31. The van der Waals surface area contributed by atoms with Crippen LogP contribution in [0.15, 0.2) is 0 Å². The zero-order valence-corrected chi connectivity index (χ0v) is 8.84. The molecule has 0 aromatic heterocycles. The van der Waals surface area contributed by atoms with Crippen molar-refractivity contribution < 1.29 is 108 Å². The normalized spacial score (nSPS) is 4.14. The Kier molecular flexibility index (Phi) is 399. The third kappa shape index (κ3) is 1660. The summed E-state index contributed by atoms with van der Waals surface area (Å²) < 4.78 is 34.1. The van der Waals surface area contributed by atoms with Gasteiger partial charge in [0.15, 0.2) is 0 Å². The summed E-state index contributed by atoms with van der Waals surface area (Å²) in [5.41, 5.74) is 0. The molecule has 0 fully saturated rings. The second-order valence-corrected chi connectivity index (χ2v) is 1.22. The van der Waals surface area contributed by atoms with E-state index < -0.39 is 10.4 Å². The van der Waals surface area contributed by atoms with Crippen molar-refractivity contribution in [1.82, 2.24) is 0 Å². The number of hydrogen-bond acceptors (Lipinski definition) is 4. The molecule has 0 aromatic rings. The van der Waals surface area contributed by atoms with Gasteiger partial charge in [-0.15, -0.1) is 0 Å². The average Bonchev–Trinajstić information content (AvgIpc) is 0.722. The largest absolute Gasteiger partial charge is 2.00 e. The van der Waals surface area contributed by atoms with Crippen LogP contribution in [0, 0.1) is 46.9 Å². The molecule has 0 heterocycles. The molecule has 14 heavy (non-hydrogen) atoms. The molecule has 14 heteroatoms. The predicted molar refractivity (Wildman–Crippen MR) is 39.4 cm³/mol. The minimum Gasteiger partial charge on any atom is -0.759 e. The maximum Gasteiger partial charge on any atom is 2.00 e. The summed E-state index contributed by atoms with van der Waals surface area (Å²) in [6.07, 6.45) is 0. The van der Waals surface area contributed by atoms with Crippen molar-refractivity contribution in [2.24, 2.45) is 0 Å². The minimum atomic E-state index is -5.17. The first kappa shape index (κ1) is 116. The fourth-order valence-corrected chi connectivity index (χ4v) is 0. The van der Waals surface area contributed by atoms with Crippen LogP contribution in [-0.2, 0) is 10.4 Å². The van der Waals surface area contributed by atoms with Crippen molar-refractivity contribution in [3.8, 4) is 0 Å². The van der Waals surface area contributed by atoms with Crippen LogP contribution in [0.5, 0.6) is 0 Å². The third-order valence-corrected chi connectivity index (χ3v) is 0. The fourth-order valence-electron chi connectivity index (χ4n) is 0. The van der Waals surface area contributed by atoms with E-state index in [2.05, 4.69) is 0 Å². The summed E-state index contributed by atoms with van der Waals surface area (Å²) in [5.74, 6) is 0. The molecule has 0 bridgehead atoms. The monoisotopic (exact) mass is 414 g/mol. The van der Waals surface area contributed by atoms with Gasteiger partial charge in [-0.25, -0.2) is 0 Å². The smallest absolute Gasteiger partial charge is 0.759 e. The molecule has 0 rings (SSSR count). The van der Waals surface area contributed by atoms with Crippen LogP contribution in [0.4, 0.5) is 0 Å². The van der Waals surface area contributed by atoms with Gasteiger partial charge in [0.1, 0.15) is 0 Å². The number of hydrogen-bond donors (Lipinski definition) is 0. The van der Waals surface area contributed by atoms with Gasteiger partial charge in [-0.2, -0.15) is 0 Å². The molecule has 0 atom stereocenters. The van der Waals surface area contributed by atoms with Gasteiger partial charge >= 0.3 is 46.9 Å². The van der Waals surface area contributed by atoms with Crippen LogP contribution in [0.25, 0.3) is 0 Å². The molecule has 0 aliphatic carbocycles. The van der Waals surface area contributed by atoms with E-state index in [1.165, 1.54) is 0 Å². The van der Waals surface area contributed by atoms with E-state index in [9.17, 15) is 0 Å². The predicted octanol–water partition coefficient (Wildman–Crippen LogP) is -7.94. The van der Waals surface area contributed by atoms with Crippen molar-refractivity contribution in [3.05, 3.63) is 0 Å². The summed E-state index contributed by atoms with van der Waals surface area (Å²) in [5, 5.41) is 0. The number of rotatable bonds is 0. The van der Waals surface area contributed by atoms with Crippen LogP contribution in [0.3, 0.4) is 0 Å². The Morgan fingerprint density at radius 3 is 0.571 bits per heavy atom. The van der Waals surface area contributed by atoms with Crippen LogP contribution in [-0.4, -0.2) is 61.3 Å². The Labute approximate surface area is 118 Å². The van der Waals surface area contributed by atoms with E-state index >= 15 is 0 Å². The second kappa shape index (κ2) is 48.1. The first-order valence-corrected chi connectivity index (χ1v) is 2.00. The molecule has 0 saturated heterocycles. The van der Waals surface area contributed by atoms with Crippen LogP contribution in [0.2, 0.25) is 0 Å². The van der Waals surface area contributed by atoms with E-state index in [0.717, 1.165) is 0 Å². The van der Waals surface area contributed by atoms with Crippen molar-refractivity contribution >= 4 is 10.4 Å². The Hall–Kier alpha value is 1.07. The molecule has 12 nitrogen and oxygen atoms in total. The first-order chi connectivity index (χ1) is 2.00. The van der Waals surface area contributed by atoms with Crippen molar-refractivity contribution in [2.75, 3.05) is 0 Å². The molecule has 0 aliphatic heterocycles. The molecule has 0 unspecified atom stereocenters. The Morgan fingerprint density at radius 1 is 0.571 bits per heavy atom. The van der Waals surface area contributed by atoms with E-state index in [0.29, 0.717) is 0 Å². The van der Waals surface area contributed by atoms with Gasteiger partial charge in [-0.3, -0.25) is 8.42 Å². The summed E-state index contributed by atoms with van der Waals surface area (Å²) in [6, 6.07) is 0. The van der Waals surface area contributed by atoms with Gasteiger partial charge in [0.2, 0.25) is 0 Å². The molecule has 108 valence electrons. The van der Waals surface area contributed by atoms with Crippen LogP contribution in [0.1, 0.15) is 0 Å². The third-order valence-electron chi connectivity index (χ3n) is 0. The van der Waals surface area contributed by atoms with Gasteiger partial charge in [-0.1, -0.05) is 0 Å². The van der Waals surface area contributed by atoms with Gasteiger partial charge in [0, 0.05) is 10.4 Å². The van der Waals surface area contributed by atoms with Crippen molar-refractivity contribution in [1.29, 1.82) is 0 Å². The maximum absolute atomic E-state index is 8.52. The van der Waals surface area contributed by atoms with Gasteiger partial charge in [-0.05, 0) is 0 Å². The maximum atomic E-state index is 8.52. The first-order valence-electron chi connectivity index (χ1n) is 0.667. The Bertz CT molecular complexity index is 93.5. The van der Waals surface area contributed by atoms with Crippen LogP contribution < -0.4 is 0 Å². The van der Waals surface area contributed by atoms with E-state index in [1.807, 2.05) is 0 Å². The SMILES string of the molecule is O.O.O.O.O.O.O.O.O=S(=O)([O-])[O-].[Yb+2]. The molecule has 0 amide bonds. The van der Waals surface area contributed by atoms with Crippen molar-refractivity contribution in [3.63, 3.8) is 0 Å². The summed E-state index contributed by atoms with van der Waals surface area (Å²) in [4.78, 5) is 0. The van der Waals surface area contributed by atoms with E-state index in [-0.39, 0.29) is 90.7 Å². The zero-order chi connectivity index (χ0) is 4.50. The quantitative estimate of drug-likeness (QED) is 0.275. The van der Waals surface area contributed by atoms with Gasteiger partial charge in [0.25, 0.3) is 0 Å². The molecule has 16 N–H and O–H groups in total. The molecule has 0 spiro atoms. The molecular weight excluding hydrogens is 397 g/mol.